The lowest BCUT2D eigenvalue weighted by molar-refractivity contribution is 0.571. The van der Waals surface area contributed by atoms with Gasteiger partial charge in [-0.1, -0.05) is 133 Å². The summed E-state index contributed by atoms with van der Waals surface area (Å²) < 4.78 is 9.22. The van der Waals surface area contributed by atoms with Crippen molar-refractivity contribution in [1.29, 1.82) is 0 Å². The van der Waals surface area contributed by atoms with Crippen molar-refractivity contribution in [2.75, 3.05) is 5.32 Å². The van der Waals surface area contributed by atoms with Gasteiger partial charge in [-0.3, -0.25) is 0 Å². The number of benzene rings is 6. The maximum Gasteiger partial charge on any atom is 0.136 e. The van der Waals surface area contributed by atoms with Crippen LogP contribution in [-0.4, -0.2) is 0 Å². The average Bonchev–Trinajstić information content (AvgIpc) is 3.77. The van der Waals surface area contributed by atoms with E-state index in [1.165, 1.54) is 75.4 Å². The van der Waals surface area contributed by atoms with Gasteiger partial charge in [0.1, 0.15) is 11.0 Å². The van der Waals surface area contributed by atoms with Crippen LogP contribution < -0.4 is 16.0 Å². The first kappa shape index (κ1) is 30.0. The molecule has 1 unspecified atom stereocenters. The van der Waals surface area contributed by atoms with Crippen LogP contribution in [0.1, 0.15) is 36.3 Å². The van der Waals surface area contributed by atoms with Crippen LogP contribution in [0.2, 0.25) is 0 Å². The quantitative estimate of drug-likeness (QED) is 0.190. The molecule has 51 heavy (non-hydrogen) atoms. The summed E-state index contributed by atoms with van der Waals surface area (Å²) in [6.07, 6.45) is 12.1. The first-order chi connectivity index (χ1) is 25.3. The molecular formula is C48H35NOS. The third kappa shape index (κ3) is 5.33. The number of rotatable bonds is 6. The van der Waals surface area contributed by atoms with E-state index in [2.05, 4.69) is 169 Å². The molecule has 0 amide bonds. The van der Waals surface area contributed by atoms with E-state index in [9.17, 15) is 0 Å². The second-order valence-electron chi connectivity index (χ2n) is 13.6. The molecule has 6 aromatic carbocycles. The topological polar surface area (TPSA) is 25.2 Å². The smallest absolute Gasteiger partial charge is 0.136 e. The fourth-order valence-electron chi connectivity index (χ4n) is 8.00. The predicted octanol–water partition coefficient (Wildman–Crippen LogP) is 12.1. The fourth-order valence-corrected chi connectivity index (χ4v) is 9.14. The Hall–Kier alpha value is -5.90. The molecule has 0 aliphatic heterocycles. The Morgan fingerprint density at radius 3 is 2.33 bits per heavy atom. The van der Waals surface area contributed by atoms with Gasteiger partial charge in [0.25, 0.3) is 0 Å². The third-order valence-corrected chi connectivity index (χ3v) is 11.6. The van der Waals surface area contributed by atoms with Gasteiger partial charge in [0, 0.05) is 53.6 Å². The van der Waals surface area contributed by atoms with E-state index < -0.39 is 0 Å². The zero-order valence-corrected chi connectivity index (χ0v) is 28.9. The average molecular weight is 674 g/mol. The van der Waals surface area contributed by atoms with E-state index in [1.807, 2.05) is 11.3 Å². The SMILES string of the molecule is C1=CC(c2cccc(-c3cccc4oc5c(c34)=C(Nc3ccccc3-c3ccc4c(c3)sc3ccccc34)CCC=5)c2)CC=C1c1ccccc1. The molecule has 10 rings (SSSR count). The zero-order valence-electron chi connectivity index (χ0n) is 28.1. The van der Waals surface area contributed by atoms with Gasteiger partial charge in [-0.15, -0.1) is 11.3 Å². The summed E-state index contributed by atoms with van der Waals surface area (Å²) in [4.78, 5) is 0. The van der Waals surface area contributed by atoms with Gasteiger partial charge >= 0.3 is 0 Å². The Morgan fingerprint density at radius 2 is 1.41 bits per heavy atom. The van der Waals surface area contributed by atoms with Crippen LogP contribution in [-0.2, 0) is 0 Å². The number of anilines is 1. The number of hydrogen-bond acceptors (Lipinski definition) is 3. The minimum Gasteiger partial charge on any atom is -0.456 e. The monoisotopic (exact) mass is 673 g/mol. The van der Waals surface area contributed by atoms with Crippen LogP contribution in [0.3, 0.4) is 0 Å². The Bertz CT molecular complexity index is 2810. The lowest BCUT2D eigenvalue weighted by atomic mass is 9.86. The van der Waals surface area contributed by atoms with E-state index in [0.717, 1.165) is 35.9 Å². The van der Waals surface area contributed by atoms with Crippen molar-refractivity contribution in [2.24, 2.45) is 0 Å². The van der Waals surface area contributed by atoms with Crippen molar-refractivity contribution in [3.8, 4) is 22.3 Å². The van der Waals surface area contributed by atoms with Crippen molar-refractivity contribution in [2.45, 2.75) is 25.2 Å². The van der Waals surface area contributed by atoms with Crippen molar-refractivity contribution in [3.63, 3.8) is 0 Å². The number of nitrogens with one attached hydrogen (secondary N) is 1. The molecule has 8 aromatic rings. The maximum absolute atomic E-state index is 6.58. The molecule has 0 spiro atoms. The molecule has 0 radical (unpaired) electrons. The Labute approximate surface area is 301 Å². The van der Waals surface area contributed by atoms with E-state index in [1.54, 1.807) is 0 Å². The summed E-state index contributed by atoms with van der Waals surface area (Å²) in [5.74, 6) is 0.343. The van der Waals surface area contributed by atoms with Crippen molar-refractivity contribution >= 4 is 65.5 Å². The first-order valence-corrected chi connectivity index (χ1v) is 18.7. The van der Waals surface area contributed by atoms with Crippen molar-refractivity contribution < 1.29 is 4.42 Å². The first-order valence-electron chi connectivity index (χ1n) is 17.8. The number of allylic oxidation sites excluding steroid dienone is 4. The summed E-state index contributed by atoms with van der Waals surface area (Å²) in [5, 5.41) is 8.95. The highest BCUT2D eigenvalue weighted by molar-refractivity contribution is 7.25. The van der Waals surface area contributed by atoms with Crippen LogP contribution in [0.25, 0.3) is 70.7 Å². The lowest BCUT2D eigenvalue weighted by Gasteiger charge is -2.18. The fraction of sp³-hybridized carbons (Fsp3) is 0.0833. The third-order valence-electron chi connectivity index (χ3n) is 10.5. The number of thiophene rings is 1. The molecule has 1 atom stereocenters. The molecule has 0 saturated heterocycles. The number of para-hydroxylation sites is 1. The molecule has 0 bridgehead atoms. The van der Waals surface area contributed by atoms with Crippen LogP contribution in [0, 0.1) is 0 Å². The second-order valence-corrected chi connectivity index (χ2v) is 14.7. The zero-order chi connectivity index (χ0) is 33.7. The van der Waals surface area contributed by atoms with Crippen LogP contribution >= 0.6 is 11.3 Å². The normalized spacial score (nSPS) is 15.6. The van der Waals surface area contributed by atoms with Crippen LogP contribution in [0.15, 0.2) is 162 Å². The summed E-state index contributed by atoms with van der Waals surface area (Å²) in [6.45, 7) is 0. The van der Waals surface area contributed by atoms with Gasteiger partial charge in [-0.2, -0.15) is 0 Å². The van der Waals surface area contributed by atoms with Crippen molar-refractivity contribution in [1.82, 2.24) is 0 Å². The van der Waals surface area contributed by atoms with E-state index in [4.69, 9.17) is 4.42 Å². The van der Waals surface area contributed by atoms with Gasteiger partial charge in [0.15, 0.2) is 0 Å². The summed E-state index contributed by atoms with van der Waals surface area (Å²) in [5.41, 5.74) is 13.0. The minimum absolute atomic E-state index is 0.343. The molecule has 2 aliphatic rings. The number of fused-ring (bicyclic) bond motifs is 6. The highest BCUT2D eigenvalue weighted by Gasteiger charge is 2.19. The summed E-state index contributed by atoms with van der Waals surface area (Å²) in [6, 6.07) is 50.6. The molecule has 1 N–H and O–H groups in total. The highest BCUT2D eigenvalue weighted by Crippen LogP contribution is 2.39. The molecule has 2 aliphatic carbocycles. The van der Waals surface area contributed by atoms with Crippen molar-refractivity contribution in [3.05, 3.63) is 180 Å². The number of furan rings is 1. The largest absolute Gasteiger partial charge is 0.456 e. The predicted molar refractivity (Wildman–Crippen MR) is 217 cm³/mol. The molecule has 0 fully saturated rings. The van der Waals surface area contributed by atoms with E-state index in [0.29, 0.717) is 5.92 Å². The summed E-state index contributed by atoms with van der Waals surface area (Å²) in [7, 11) is 0. The van der Waals surface area contributed by atoms with Gasteiger partial charge in [-0.25, -0.2) is 0 Å². The maximum atomic E-state index is 6.58. The summed E-state index contributed by atoms with van der Waals surface area (Å²) >= 11 is 1.87. The van der Waals surface area contributed by atoms with E-state index >= 15 is 0 Å². The Kier molecular flexibility index (Phi) is 7.32. The number of hydrogen-bond donors (Lipinski definition) is 1. The molecule has 2 nitrogen and oxygen atoms in total. The molecule has 0 saturated carbocycles. The minimum atomic E-state index is 0.343. The van der Waals surface area contributed by atoms with Gasteiger partial charge in [0.2, 0.25) is 0 Å². The van der Waals surface area contributed by atoms with Crippen LogP contribution in [0.5, 0.6) is 0 Å². The van der Waals surface area contributed by atoms with Gasteiger partial charge < -0.3 is 9.73 Å². The Morgan fingerprint density at radius 1 is 0.627 bits per heavy atom. The molecular weight excluding hydrogens is 639 g/mol. The Balaban J connectivity index is 1.04. The lowest BCUT2D eigenvalue weighted by Crippen LogP contribution is -2.29. The van der Waals surface area contributed by atoms with Crippen LogP contribution in [0.4, 0.5) is 5.69 Å². The molecule has 2 heterocycles. The van der Waals surface area contributed by atoms with Gasteiger partial charge in [0.05, 0.1) is 0 Å². The molecule has 3 heteroatoms. The van der Waals surface area contributed by atoms with Gasteiger partial charge in [-0.05, 0) is 83.0 Å². The second kappa shape index (κ2) is 12.5. The standard InChI is InChI=1S/C48H35NOS/c1-2-11-31(12-3-1)32-23-25-33(26-24-32)34-13-8-14-35(29-34)38-17-9-20-43-47(38)48-42(19-10-21-44(48)50-43)49-41-18-6-4-15-37(41)36-27-28-40-39-16-5-7-22-45(39)51-46(40)30-36/h1-9,11-18,20-25,27-30,33,49H,10,19,26H2. The molecule has 244 valence electrons. The molecule has 2 aromatic heterocycles. The highest BCUT2D eigenvalue weighted by atomic mass is 32.1. The van der Waals surface area contributed by atoms with E-state index in [-0.39, 0.29) is 0 Å².